The van der Waals surface area contributed by atoms with Gasteiger partial charge in [0.15, 0.2) is 5.16 Å². The van der Waals surface area contributed by atoms with Crippen LogP contribution in [-0.4, -0.2) is 32.5 Å². The number of carbonyl (C=O) groups is 1. The predicted octanol–water partition coefficient (Wildman–Crippen LogP) is 1.06. The van der Waals surface area contributed by atoms with Crippen molar-refractivity contribution in [3.63, 3.8) is 0 Å². The smallest absolute Gasteiger partial charge is 0.344 e. The summed E-state index contributed by atoms with van der Waals surface area (Å²) in [4.78, 5) is 23.4. The topological polar surface area (TPSA) is 79.8 Å². The van der Waals surface area contributed by atoms with Gasteiger partial charge in [0.2, 0.25) is 5.91 Å². The zero-order valence-corrected chi connectivity index (χ0v) is 11.5. The third-order valence-electron chi connectivity index (χ3n) is 3.64. The molecule has 1 amide bonds. The van der Waals surface area contributed by atoms with Gasteiger partial charge >= 0.3 is 5.69 Å². The molecule has 2 N–H and O–H groups in total. The second-order valence-corrected chi connectivity index (χ2v) is 6.19. The van der Waals surface area contributed by atoms with Crippen molar-refractivity contribution in [2.45, 2.75) is 55.8 Å². The summed E-state index contributed by atoms with van der Waals surface area (Å²) < 4.78 is 1.67. The third kappa shape index (κ3) is 3.02. The number of nitrogens with zero attached hydrogens (tertiary/aromatic N) is 2. The zero-order chi connectivity index (χ0) is 13.2. The van der Waals surface area contributed by atoms with Gasteiger partial charge < -0.3 is 5.32 Å². The number of H-pyrrole nitrogens is 1. The fourth-order valence-electron chi connectivity index (χ4n) is 2.52. The number of hydrogen-bond donors (Lipinski definition) is 2. The molecule has 7 heteroatoms. The Bertz CT molecular complexity index is 514. The molecule has 0 spiro atoms. The standard InChI is InChI=1S/C12H18N4O2S/c17-10(13-8-3-1-2-4-8)7-19-12-15-14-11(18)16(12)9-5-6-9/h8-9H,1-7H2,(H,13,17)(H,14,18). The molecule has 0 radical (unpaired) electrons. The van der Waals surface area contributed by atoms with Crippen LogP contribution >= 0.6 is 11.8 Å². The van der Waals surface area contributed by atoms with Gasteiger partial charge in [-0.25, -0.2) is 9.89 Å². The first kappa shape index (κ1) is 12.8. The molecule has 0 saturated heterocycles. The molecule has 2 aliphatic rings. The van der Waals surface area contributed by atoms with Crippen LogP contribution in [0.2, 0.25) is 0 Å². The highest BCUT2D eigenvalue weighted by Crippen LogP contribution is 2.35. The first-order chi connectivity index (χ1) is 9.24. The lowest BCUT2D eigenvalue weighted by atomic mass is 10.2. The van der Waals surface area contributed by atoms with Gasteiger partial charge in [0, 0.05) is 12.1 Å². The van der Waals surface area contributed by atoms with Crippen molar-refractivity contribution in [1.82, 2.24) is 20.1 Å². The number of aromatic nitrogens is 3. The summed E-state index contributed by atoms with van der Waals surface area (Å²) in [5.41, 5.74) is -0.166. The van der Waals surface area contributed by atoms with Gasteiger partial charge in [-0.2, -0.15) is 0 Å². The first-order valence-electron chi connectivity index (χ1n) is 6.83. The summed E-state index contributed by atoms with van der Waals surface area (Å²) in [6.45, 7) is 0. The van der Waals surface area contributed by atoms with Crippen LogP contribution in [0, 0.1) is 0 Å². The molecule has 19 heavy (non-hydrogen) atoms. The van der Waals surface area contributed by atoms with E-state index in [1.807, 2.05) is 0 Å². The molecule has 3 rings (SSSR count). The molecule has 0 atom stereocenters. The summed E-state index contributed by atoms with van der Waals surface area (Å²) in [7, 11) is 0. The number of hydrogen-bond acceptors (Lipinski definition) is 4. The van der Waals surface area contributed by atoms with Gasteiger partial charge in [-0.15, -0.1) is 5.10 Å². The number of nitrogens with one attached hydrogen (secondary N) is 2. The van der Waals surface area contributed by atoms with Crippen LogP contribution in [-0.2, 0) is 4.79 Å². The minimum atomic E-state index is -0.166. The van der Waals surface area contributed by atoms with E-state index in [4.69, 9.17) is 0 Å². The van der Waals surface area contributed by atoms with E-state index in [9.17, 15) is 9.59 Å². The molecule has 6 nitrogen and oxygen atoms in total. The largest absolute Gasteiger partial charge is 0.353 e. The Labute approximate surface area is 115 Å². The van der Waals surface area contributed by atoms with Crippen molar-refractivity contribution in [2.75, 3.05) is 5.75 Å². The maximum atomic E-state index is 11.8. The molecule has 1 aromatic rings. The molecule has 0 bridgehead atoms. The quantitative estimate of drug-likeness (QED) is 0.791. The maximum Gasteiger partial charge on any atom is 0.344 e. The monoisotopic (exact) mass is 282 g/mol. The fourth-order valence-corrected chi connectivity index (χ4v) is 3.34. The molecule has 104 valence electrons. The molecule has 2 fully saturated rings. The van der Waals surface area contributed by atoms with Crippen LogP contribution in [0.4, 0.5) is 0 Å². The highest BCUT2D eigenvalue weighted by Gasteiger charge is 2.28. The van der Waals surface area contributed by atoms with Crippen molar-refractivity contribution in [2.24, 2.45) is 0 Å². The lowest BCUT2D eigenvalue weighted by Crippen LogP contribution is -2.33. The molecule has 1 heterocycles. The number of thioether (sulfide) groups is 1. The van der Waals surface area contributed by atoms with E-state index >= 15 is 0 Å². The summed E-state index contributed by atoms with van der Waals surface area (Å²) in [6, 6.07) is 0.629. The van der Waals surface area contributed by atoms with E-state index in [1.54, 1.807) is 4.57 Å². The highest BCUT2D eigenvalue weighted by atomic mass is 32.2. The third-order valence-corrected chi connectivity index (χ3v) is 4.59. The van der Waals surface area contributed by atoms with Crippen LogP contribution in [0.3, 0.4) is 0 Å². The molecule has 2 saturated carbocycles. The average Bonchev–Trinajstić information content (AvgIpc) is 2.96. The van der Waals surface area contributed by atoms with Gasteiger partial charge in [-0.05, 0) is 25.7 Å². The van der Waals surface area contributed by atoms with Crippen molar-refractivity contribution in [3.8, 4) is 0 Å². The van der Waals surface area contributed by atoms with Crippen LogP contribution in [0.5, 0.6) is 0 Å². The van der Waals surface area contributed by atoms with E-state index < -0.39 is 0 Å². The summed E-state index contributed by atoms with van der Waals surface area (Å²) in [5, 5.41) is 10.1. The molecule has 0 aromatic carbocycles. The Balaban J connectivity index is 1.54. The van der Waals surface area contributed by atoms with Gasteiger partial charge in [-0.1, -0.05) is 24.6 Å². The number of carbonyl (C=O) groups excluding carboxylic acids is 1. The van der Waals surface area contributed by atoms with E-state index in [0.717, 1.165) is 25.7 Å². The number of amides is 1. The zero-order valence-electron chi connectivity index (χ0n) is 10.7. The van der Waals surface area contributed by atoms with Gasteiger partial charge in [0.25, 0.3) is 0 Å². The Kier molecular flexibility index (Phi) is 3.63. The Morgan fingerprint density at radius 2 is 2.11 bits per heavy atom. The van der Waals surface area contributed by atoms with Crippen molar-refractivity contribution in [1.29, 1.82) is 0 Å². The summed E-state index contributed by atoms with van der Waals surface area (Å²) in [6.07, 6.45) is 6.65. The minimum Gasteiger partial charge on any atom is -0.353 e. The molecular formula is C12H18N4O2S. The van der Waals surface area contributed by atoms with Crippen LogP contribution < -0.4 is 11.0 Å². The molecule has 0 unspecified atom stereocenters. The number of aromatic amines is 1. The molecule has 2 aliphatic carbocycles. The number of rotatable bonds is 5. The molecule has 1 aromatic heterocycles. The van der Waals surface area contributed by atoms with E-state index in [1.165, 1.54) is 24.6 Å². The second-order valence-electron chi connectivity index (χ2n) is 5.25. The maximum absolute atomic E-state index is 11.8. The van der Waals surface area contributed by atoms with Crippen LogP contribution in [0.25, 0.3) is 0 Å². The van der Waals surface area contributed by atoms with E-state index in [-0.39, 0.29) is 17.6 Å². The Morgan fingerprint density at radius 1 is 1.37 bits per heavy atom. The van der Waals surface area contributed by atoms with E-state index in [0.29, 0.717) is 17.0 Å². The summed E-state index contributed by atoms with van der Waals surface area (Å²) >= 11 is 1.34. The van der Waals surface area contributed by atoms with E-state index in [2.05, 4.69) is 15.5 Å². The minimum absolute atomic E-state index is 0.0368. The van der Waals surface area contributed by atoms with Crippen LogP contribution in [0.1, 0.15) is 44.6 Å². The van der Waals surface area contributed by atoms with Crippen molar-refractivity contribution in [3.05, 3.63) is 10.5 Å². The second kappa shape index (κ2) is 5.40. The molecule has 0 aliphatic heterocycles. The highest BCUT2D eigenvalue weighted by molar-refractivity contribution is 7.99. The lowest BCUT2D eigenvalue weighted by molar-refractivity contribution is -0.119. The fraction of sp³-hybridized carbons (Fsp3) is 0.750. The molecular weight excluding hydrogens is 264 g/mol. The SMILES string of the molecule is O=C(CSc1n[nH]c(=O)n1C1CC1)NC1CCCC1. The van der Waals surface area contributed by atoms with Crippen LogP contribution in [0.15, 0.2) is 9.95 Å². The van der Waals surface area contributed by atoms with Crippen molar-refractivity contribution >= 4 is 17.7 Å². The Morgan fingerprint density at radius 3 is 2.79 bits per heavy atom. The van der Waals surface area contributed by atoms with Gasteiger partial charge in [0.05, 0.1) is 5.75 Å². The van der Waals surface area contributed by atoms with Gasteiger partial charge in [0.1, 0.15) is 0 Å². The first-order valence-corrected chi connectivity index (χ1v) is 7.81. The lowest BCUT2D eigenvalue weighted by Gasteiger charge is -2.11. The predicted molar refractivity (Wildman–Crippen MR) is 72.2 cm³/mol. The normalized spacial score (nSPS) is 19.8. The Hall–Kier alpha value is -1.24. The van der Waals surface area contributed by atoms with Gasteiger partial charge in [-0.3, -0.25) is 9.36 Å². The average molecular weight is 282 g/mol. The van der Waals surface area contributed by atoms with Crippen molar-refractivity contribution < 1.29 is 4.79 Å². The summed E-state index contributed by atoms with van der Waals surface area (Å²) in [5.74, 6) is 0.364.